The van der Waals surface area contributed by atoms with E-state index >= 15 is 0 Å². The first-order chi connectivity index (χ1) is 6.83. The second-order valence-electron chi connectivity index (χ2n) is 3.58. The number of aromatic nitrogens is 2. The highest BCUT2D eigenvalue weighted by atomic mass is 32.2. The Hall–Kier alpha value is -0.770. The minimum atomic E-state index is 0.608. The van der Waals surface area contributed by atoms with Crippen molar-refractivity contribution in [1.29, 1.82) is 0 Å². The summed E-state index contributed by atoms with van der Waals surface area (Å²) in [4.78, 5) is 8.58. The van der Waals surface area contributed by atoms with Crippen LogP contribution in [0.5, 0.6) is 0 Å². The maximum atomic E-state index is 4.38. The van der Waals surface area contributed by atoms with Crippen LogP contribution in [0.1, 0.15) is 19.8 Å². The van der Waals surface area contributed by atoms with Crippen molar-refractivity contribution < 1.29 is 0 Å². The highest BCUT2D eigenvalue weighted by Gasteiger charge is 2.35. The van der Waals surface area contributed by atoms with Gasteiger partial charge in [0, 0.05) is 12.2 Å². The van der Waals surface area contributed by atoms with Crippen LogP contribution in [0.15, 0.2) is 17.3 Å². The van der Waals surface area contributed by atoms with Crippen LogP contribution >= 0.6 is 11.8 Å². The zero-order valence-electron chi connectivity index (χ0n) is 8.53. The Balaban J connectivity index is 1.96. The summed E-state index contributed by atoms with van der Waals surface area (Å²) in [5.41, 5.74) is 0. The van der Waals surface area contributed by atoms with Gasteiger partial charge in [-0.3, -0.25) is 0 Å². The van der Waals surface area contributed by atoms with Crippen LogP contribution < -0.4 is 5.32 Å². The number of nitrogens with zero attached hydrogens (tertiary/aromatic N) is 2. The van der Waals surface area contributed by atoms with Gasteiger partial charge < -0.3 is 5.32 Å². The molecule has 2 unspecified atom stereocenters. The van der Waals surface area contributed by atoms with Crippen molar-refractivity contribution in [2.45, 2.75) is 30.8 Å². The molecule has 0 saturated heterocycles. The molecule has 2 rings (SSSR count). The summed E-state index contributed by atoms with van der Waals surface area (Å²) in [5, 5.41) is 4.38. The minimum absolute atomic E-state index is 0.608. The lowest BCUT2D eigenvalue weighted by molar-refractivity contribution is 0.770. The van der Waals surface area contributed by atoms with Gasteiger partial charge in [0.05, 0.1) is 0 Å². The summed E-state index contributed by atoms with van der Waals surface area (Å²) in [6.45, 7) is 2.23. The fourth-order valence-electron chi connectivity index (χ4n) is 1.57. The van der Waals surface area contributed by atoms with Crippen molar-refractivity contribution in [3.63, 3.8) is 0 Å². The molecule has 0 spiro atoms. The smallest absolute Gasteiger partial charge is 0.223 e. The Morgan fingerprint density at radius 1 is 1.64 bits per heavy atom. The van der Waals surface area contributed by atoms with Crippen molar-refractivity contribution in [2.24, 2.45) is 5.92 Å². The van der Waals surface area contributed by atoms with E-state index in [0.717, 1.165) is 16.9 Å². The largest absolute Gasteiger partial charge is 0.351 e. The van der Waals surface area contributed by atoms with E-state index in [9.17, 15) is 0 Å². The molecule has 2 atom stereocenters. The first kappa shape index (κ1) is 9.77. The van der Waals surface area contributed by atoms with Gasteiger partial charge >= 0.3 is 0 Å². The Labute approximate surface area is 88.7 Å². The summed E-state index contributed by atoms with van der Waals surface area (Å²) in [6, 6.07) is 2.54. The summed E-state index contributed by atoms with van der Waals surface area (Å²) >= 11 is 1.65. The fourth-order valence-corrected chi connectivity index (χ4v) is 1.94. The average Bonchev–Trinajstić information content (AvgIpc) is 2.97. The monoisotopic (exact) mass is 209 g/mol. The highest BCUT2D eigenvalue weighted by Crippen LogP contribution is 2.35. The molecule has 1 aliphatic rings. The third-order valence-electron chi connectivity index (χ3n) is 2.60. The van der Waals surface area contributed by atoms with E-state index in [-0.39, 0.29) is 0 Å². The molecule has 0 aliphatic heterocycles. The summed E-state index contributed by atoms with van der Waals surface area (Å²) in [5.74, 6) is 1.61. The molecule has 4 heteroatoms. The van der Waals surface area contributed by atoms with E-state index in [1.807, 2.05) is 18.5 Å². The zero-order chi connectivity index (χ0) is 9.97. The van der Waals surface area contributed by atoms with Crippen LogP contribution in [0.4, 0.5) is 5.95 Å². The van der Waals surface area contributed by atoms with Crippen LogP contribution in [0, 0.1) is 5.92 Å². The molecule has 14 heavy (non-hydrogen) atoms. The number of hydrogen-bond donors (Lipinski definition) is 1. The molecule has 1 heterocycles. The molecule has 1 aromatic heterocycles. The molecule has 1 aliphatic carbocycles. The first-order valence-corrected chi connectivity index (χ1v) is 6.19. The third kappa shape index (κ3) is 2.18. The number of thioether (sulfide) groups is 1. The third-order valence-corrected chi connectivity index (χ3v) is 3.25. The Morgan fingerprint density at radius 2 is 2.50 bits per heavy atom. The maximum absolute atomic E-state index is 4.38. The van der Waals surface area contributed by atoms with Gasteiger partial charge in [0.15, 0.2) is 0 Å². The molecule has 76 valence electrons. The summed E-state index contributed by atoms with van der Waals surface area (Å²) in [7, 11) is 0. The van der Waals surface area contributed by atoms with Gasteiger partial charge in [-0.1, -0.05) is 13.3 Å². The van der Waals surface area contributed by atoms with Crippen molar-refractivity contribution in [3.8, 4) is 0 Å². The van der Waals surface area contributed by atoms with Crippen LogP contribution in [0.25, 0.3) is 0 Å². The van der Waals surface area contributed by atoms with E-state index < -0.39 is 0 Å². The lowest BCUT2D eigenvalue weighted by Crippen LogP contribution is -2.07. The molecular formula is C10H15N3S. The van der Waals surface area contributed by atoms with Gasteiger partial charge in [0.2, 0.25) is 5.95 Å². The fraction of sp³-hybridized carbons (Fsp3) is 0.600. The molecule has 0 radical (unpaired) electrons. The van der Waals surface area contributed by atoms with Crippen molar-refractivity contribution in [3.05, 3.63) is 12.3 Å². The number of anilines is 1. The normalized spacial score (nSPS) is 24.7. The van der Waals surface area contributed by atoms with E-state index in [0.29, 0.717) is 6.04 Å². The van der Waals surface area contributed by atoms with Crippen LogP contribution in [0.2, 0.25) is 0 Å². The lowest BCUT2D eigenvalue weighted by Gasteiger charge is -2.03. The van der Waals surface area contributed by atoms with Gasteiger partial charge in [-0.25, -0.2) is 9.97 Å². The average molecular weight is 209 g/mol. The predicted octanol–water partition coefficient (Wildman–Crippen LogP) is 2.41. The lowest BCUT2D eigenvalue weighted by atomic mass is 10.3. The quantitative estimate of drug-likeness (QED) is 0.610. The highest BCUT2D eigenvalue weighted by molar-refractivity contribution is 7.98. The second-order valence-corrected chi connectivity index (χ2v) is 4.40. The Bertz CT molecular complexity index is 316. The summed E-state index contributed by atoms with van der Waals surface area (Å²) < 4.78 is 0. The van der Waals surface area contributed by atoms with E-state index in [4.69, 9.17) is 0 Å². The summed E-state index contributed by atoms with van der Waals surface area (Å²) in [6.07, 6.45) is 6.35. The minimum Gasteiger partial charge on any atom is -0.351 e. The maximum Gasteiger partial charge on any atom is 0.223 e. The van der Waals surface area contributed by atoms with Crippen LogP contribution in [0.3, 0.4) is 0 Å². The van der Waals surface area contributed by atoms with Crippen LogP contribution in [-0.4, -0.2) is 22.3 Å². The molecule has 0 bridgehead atoms. The van der Waals surface area contributed by atoms with E-state index in [1.54, 1.807) is 11.8 Å². The second kappa shape index (κ2) is 4.17. The number of hydrogen-bond acceptors (Lipinski definition) is 4. The van der Waals surface area contributed by atoms with Crippen LogP contribution in [-0.2, 0) is 0 Å². The molecule has 1 aromatic rings. The number of rotatable bonds is 4. The van der Waals surface area contributed by atoms with Gasteiger partial charge in [0.25, 0.3) is 0 Å². The molecule has 1 fully saturated rings. The van der Waals surface area contributed by atoms with E-state index in [1.165, 1.54) is 12.8 Å². The molecule has 0 amide bonds. The van der Waals surface area contributed by atoms with E-state index in [2.05, 4.69) is 22.2 Å². The van der Waals surface area contributed by atoms with Crippen molar-refractivity contribution >= 4 is 17.7 Å². The Kier molecular flexibility index (Phi) is 2.91. The zero-order valence-corrected chi connectivity index (χ0v) is 9.34. The molecule has 1 N–H and O–H groups in total. The SMILES string of the molecule is CCC1CC1Nc1nccc(SC)n1. The van der Waals surface area contributed by atoms with Gasteiger partial charge in [-0.2, -0.15) is 0 Å². The standard InChI is InChI=1S/C10H15N3S/c1-3-7-6-8(7)12-10-11-5-4-9(13-10)14-2/h4-5,7-8H,3,6H2,1-2H3,(H,11,12,13). The van der Waals surface area contributed by atoms with Gasteiger partial charge in [0.1, 0.15) is 5.03 Å². The number of nitrogens with one attached hydrogen (secondary N) is 1. The van der Waals surface area contributed by atoms with Crippen molar-refractivity contribution in [2.75, 3.05) is 11.6 Å². The molecule has 3 nitrogen and oxygen atoms in total. The van der Waals surface area contributed by atoms with Gasteiger partial charge in [-0.15, -0.1) is 11.8 Å². The topological polar surface area (TPSA) is 37.8 Å². The molecule has 0 aromatic carbocycles. The van der Waals surface area contributed by atoms with Gasteiger partial charge in [-0.05, 0) is 24.7 Å². The Morgan fingerprint density at radius 3 is 3.14 bits per heavy atom. The first-order valence-electron chi connectivity index (χ1n) is 4.97. The molecule has 1 saturated carbocycles. The molecular weight excluding hydrogens is 194 g/mol. The van der Waals surface area contributed by atoms with Crippen molar-refractivity contribution in [1.82, 2.24) is 9.97 Å². The predicted molar refractivity (Wildman–Crippen MR) is 59.6 cm³/mol.